The maximum atomic E-state index is 12.1. The first-order valence-corrected chi connectivity index (χ1v) is 7.03. The summed E-state index contributed by atoms with van der Waals surface area (Å²) in [5.41, 5.74) is 1.55. The predicted octanol–water partition coefficient (Wildman–Crippen LogP) is 2.06. The molecule has 0 unspecified atom stereocenters. The van der Waals surface area contributed by atoms with E-state index in [1.54, 1.807) is 23.6 Å². The second kappa shape index (κ2) is 6.88. The van der Waals surface area contributed by atoms with Gasteiger partial charge in [-0.1, -0.05) is 11.8 Å². The van der Waals surface area contributed by atoms with Crippen LogP contribution in [0.1, 0.15) is 21.1 Å². The van der Waals surface area contributed by atoms with Gasteiger partial charge >= 0.3 is 0 Å². The average Bonchev–Trinajstić information content (AvgIpc) is 2.92. The Morgan fingerprint density at radius 1 is 1.52 bits per heavy atom. The van der Waals surface area contributed by atoms with Crippen molar-refractivity contribution in [3.05, 3.63) is 39.8 Å². The molecule has 0 aliphatic rings. The number of rotatable bonds is 3. The minimum Gasteiger partial charge on any atom is -0.495 e. The molecule has 1 amide bonds. The molecule has 2 aromatic rings. The molecule has 6 heteroatoms. The van der Waals surface area contributed by atoms with Crippen molar-refractivity contribution in [1.82, 2.24) is 4.98 Å². The van der Waals surface area contributed by atoms with Gasteiger partial charge in [-0.3, -0.25) is 4.79 Å². The van der Waals surface area contributed by atoms with Crippen LogP contribution in [0.4, 0.5) is 5.69 Å². The van der Waals surface area contributed by atoms with Gasteiger partial charge in [-0.15, -0.1) is 11.3 Å². The van der Waals surface area contributed by atoms with Crippen LogP contribution in [0.2, 0.25) is 0 Å². The predicted molar refractivity (Wildman–Crippen MR) is 81.8 cm³/mol. The van der Waals surface area contributed by atoms with Gasteiger partial charge in [-0.2, -0.15) is 0 Å². The number of aliphatic hydroxyl groups is 1. The van der Waals surface area contributed by atoms with E-state index in [1.165, 1.54) is 18.4 Å². The van der Waals surface area contributed by atoms with Gasteiger partial charge in [0.25, 0.3) is 5.91 Å². The Labute approximate surface area is 126 Å². The second-order valence-corrected chi connectivity index (χ2v) is 5.14. The summed E-state index contributed by atoms with van der Waals surface area (Å²) in [5, 5.41) is 14.0. The highest BCUT2D eigenvalue weighted by Crippen LogP contribution is 2.26. The normalized spacial score (nSPS) is 9.67. The van der Waals surface area contributed by atoms with Gasteiger partial charge in [-0.25, -0.2) is 4.98 Å². The summed E-state index contributed by atoms with van der Waals surface area (Å²) in [6.45, 7) is 1.62. The fourth-order valence-corrected chi connectivity index (χ4v) is 2.27. The summed E-state index contributed by atoms with van der Waals surface area (Å²) >= 11 is 1.41. The van der Waals surface area contributed by atoms with Crippen molar-refractivity contribution in [3.8, 4) is 17.6 Å². The summed E-state index contributed by atoms with van der Waals surface area (Å²) < 4.78 is 5.22. The molecule has 1 heterocycles. The fourth-order valence-electron chi connectivity index (χ4n) is 1.68. The Hall–Kier alpha value is -2.36. The summed E-state index contributed by atoms with van der Waals surface area (Å²) in [6.07, 6.45) is 0. The lowest BCUT2D eigenvalue weighted by Gasteiger charge is -2.09. The van der Waals surface area contributed by atoms with Gasteiger partial charge < -0.3 is 15.2 Å². The number of aromatic nitrogens is 1. The number of ether oxygens (including phenoxy) is 1. The van der Waals surface area contributed by atoms with Crippen LogP contribution in [0.5, 0.6) is 5.75 Å². The first kappa shape index (κ1) is 15.0. The SMILES string of the molecule is COc1ccc(C#CCO)cc1NC(=O)c1csc(C)n1. The molecule has 0 bridgehead atoms. The highest BCUT2D eigenvalue weighted by atomic mass is 32.1. The quantitative estimate of drug-likeness (QED) is 0.851. The molecule has 1 aromatic heterocycles. The Morgan fingerprint density at radius 3 is 2.95 bits per heavy atom. The number of nitrogens with zero attached hydrogens (tertiary/aromatic N) is 1. The van der Waals surface area contributed by atoms with Gasteiger partial charge in [-0.05, 0) is 25.1 Å². The molecule has 0 aliphatic heterocycles. The average molecular weight is 302 g/mol. The first-order chi connectivity index (χ1) is 10.1. The fraction of sp³-hybridized carbons (Fsp3) is 0.200. The van der Waals surface area contributed by atoms with Crippen molar-refractivity contribution in [1.29, 1.82) is 0 Å². The molecule has 21 heavy (non-hydrogen) atoms. The standard InChI is InChI=1S/C15H14N2O3S/c1-10-16-13(9-21-10)15(19)17-12-8-11(4-3-7-18)5-6-14(12)20-2/h5-6,8-9,18H,7H2,1-2H3,(H,17,19). The highest BCUT2D eigenvalue weighted by Gasteiger charge is 2.12. The van der Waals surface area contributed by atoms with Crippen molar-refractivity contribution in [3.63, 3.8) is 0 Å². The van der Waals surface area contributed by atoms with E-state index in [0.29, 0.717) is 22.7 Å². The number of benzene rings is 1. The van der Waals surface area contributed by atoms with Crippen LogP contribution in [0.25, 0.3) is 0 Å². The minimum atomic E-state index is -0.301. The number of nitrogens with one attached hydrogen (secondary N) is 1. The molecule has 0 atom stereocenters. The van der Waals surface area contributed by atoms with E-state index in [1.807, 2.05) is 6.92 Å². The number of aryl methyl sites for hydroxylation is 1. The third kappa shape index (κ3) is 3.81. The number of anilines is 1. The van der Waals surface area contributed by atoms with Gasteiger partial charge in [0.2, 0.25) is 0 Å². The lowest BCUT2D eigenvalue weighted by molar-refractivity contribution is 0.102. The molecule has 0 radical (unpaired) electrons. The van der Waals surface area contributed by atoms with Gasteiger partial charge in [0.1, 0.15) is 18.1 Å². The molecule has 0 fully saturated rings. The molecule has 0 saturated heterocycles. The Morgan fingerprint density at radius 2 is 2.33 bits per heavy atom. The van der Waals surface area contributed by atoms with E-state index in [0.717, 1.165) is 5.01 Å². The smallest absolute Gasteiger partial charge is 0.275 e. The molecule has 2 N–H and O–H groups in total. The molecule has 0 saturated carbocycles. The zero-order chi connectivity index (χ0) is 15.2. The van der Waals surface area contributed by atoms with E-state index in [9.17, 15) is 4.79 Å². The number of thiazole rings is 1. The van der Waals surface area contributed by atoms with Crippen LogP contribution in [-0.4, -0.2) is 29.7 Å². The molecule has 5 nitrogen and oxygen atoms in total. The van der Waals surface area contributed by atoms with Gasteiger partial charge in [0.05, 0.1) is 17.8 Å². The molecule has 0 spiro atoms. The maximum absolute atomic E-state index is 12.1. The number of aliphatic hydroxyl groups excluding tert-OH is 1. The maximum Gasteiger partial charge on any atom is 0.275 e. The monoisotopic (exact) mass is 302 g/mol. The summed E-state index contributed by atoms with van der Waals surface area (Å²) in [4.78, 5) is 16.3. The highest BCUT2D eigenvalue weighted by molar-refractivity contribution is 7.09. The molecule has 0 aliphatic carbocycles. The van der Waals surface area contributed by atoms with E-state index < -0.39 is 0 Å². The van der Waals surface area contributed by atoms with Gasteiger partial charge in [0.15, 0.2) is 0 Å². The van der Waals surface area contributed by atoms with Crippen LogP contribution < -0.4 is 10.1 Å². The largest absolute Gasteiger partial charge is 0.495 e. The van der Waals surface area contributed by atoms with Crippen LogP contribution in [0.15, 0.2) is 23.6 Å². The summed E-state index contributed by atoms with van der Waals surface area (Å²) in [5.74, 6) is 5.57. The van der Waals surface area contributed by atoms with Crippen LogP contribution >= 0.6 is 11.3 Å². The molecule has 108 valence electrons. The van der Waals surface area contributed by atoms with Crippen LogP contribution in [-0.2, 0) is 0 Å². The van der Waals surface area contributed by atoms with E-state index in [4.69, 9.17) is 9.84 Å². The summed E-state index contributed by atoms with van der Waals surface area (Å²) in [7, 11) is 1.52. The number of carbonyl (C=O) groups is 1. The van der Waals surface area contributed by atoms with E-state index >= 15 is 0 Å². The summed E-state index contributed by atoms with van der Waals surface area (Å²) in [6, 6.07) is 5.16. The molecular formula is C15H14N2O3S. The number of hydrogen-bond acceptors (Lipinski definition) is 5. The van der Waals surface area contributed by atoms with Crippen LogP contribution in [0.3, 0.4) is 0 Å². The van der Waals surface area contributed by atoms with Crippen LogP contribution in [0, 0.1) is 18.8 Å². The molecule has 1 aromatic carbocycles. The van der Waals surface area contributed by atoms with E-state index in [-0.39, 0.29) is 12.5 Å². The third-order valence-corrected chi connectivity index (χ3v) is 3.38. The molecule has 2 rings (SSSR count). The second-order valence-electron chi connectivity index (χ2n) is 4.08. The first-order valence-electron chi connectivity index (χ1n) is 6.15. The topological polar surface area (TPSA) is 71.5 Å². The lowest BCUT2D eigenvalue weighted by atomic mass is 10.2. The number of amides is 1. The zero-order valence-electron chi connectivity index (χ0n) is 11.6. The Balaban J connectivity index is 2.26. The number of carbonyl (C=O) groups excluding carboxylic acids is 1. The minimum absolute atomic E-state index is 0.216. The molecular weight excluding hydrogens is 288 g/mol. The third-order valence-electron chi connectivity index (χ3n) is 2.61. The van der Waals surface area contributed by atoms with Crippen molar-refractivity contribution in [2.45, 2.75) is 6.92 Å². The van der Waals surface area contributed by atoms with Gasteiger partial charge in [0, 0.05) is 10.9 Å². The van der Waals surface area contributed by atoms with Crippen molar-refractivity contribution >= 4 is 22.9 Å². The number of hydrogen-bond donors (Lipinski definition) is 2. The van der Waals surface area contributed by atoms with E-state index in [2.05, 4.69) is 22.1 Å². The van der Waals surface area contributed by atoms with Crippen molar-refractivity contribution in [2.24, 2.45) is 0 Å². The Bertz CT molecular complexity index is 713. The lowest BCUT2D eigenvalue weighted by Crippen LogP contribution is -2.13. The Kier molecular flexibility index (Phi) is 4.93. The number of methoxy groups -OCH3 is 1. The zero-order valence-corrected chi connectivity index (χ0v) is 12.5. The van der Waals surface area contributed by atoms with Crippen molar-refractivity contribution in [2.75, 3.05) is 19.0 Å². The van der Waals surface area contributed by atoms with Crippen molar-refractivity contribution < 1.29 is 14.6 Å².